The molecular formula is C15H28N4O2. The number of amides is 1. The molecule has 0 aliphatic carbocycles. The average Bonchev–Trinajstić information content (AvgIpc) is 2.77. The highest BCUT2D eigenvalue weighted by Gasteiger charge is 2.27. The molecule has 0 unspecified atom stereocenters. The summed E-state index contributed by atoms with van der Waals surface area (Å²) < 4.78 is 6.73. The van der Waals surface area contributed by atoms with Crippen LogP contribution in [0.15, 0.2) is 0 Å². The first-order valence-corrected chi connectivity index (χ1v) is 7.62. The molecule has 0 radical (unpaired) electrons. The van der Waals surface area contributed by atoms with Crippen molar-refractivity contribution in [3.63, 3.8) is 0 Å². The average molecular weight is 296 g/mol. The minimum atomic E-state index is -0.0621. The molecule has 0 aromatic carbocycles. The second kappa shape index (κ2) is 8.02. The second-order valence-corrected chi connectivity index (χ2v) is 5.15. The highest BCUT2D eigenvalue weighted by atomic mass is 16.5. The third-order valence-corrected chi connectivity index (χ3v) is 3.88. The van der Waals surface area contributed by atoms with E-state index in [4.69, 9.17) is 10.5 Å². The van der Waals surface area contributed by atoms with Gasteiger partial charge in [-0.3, -0.25) is 9.48 Å². The maximum absolute atomic E-state index is 12.9. The van der Waals surface area contributed by atoms with E-state index in [-0.39, 0.29) is 11.9 Å². The molecule has 120 valence electrons. The summed E-state index contributed by atoms with van der Waals surface area (Å²) in [5.41, 5.74) is 7.86. The first kappa shape index (κ1) is 17.5. The zero-order chi connectivity index (χ0) is 16.0. The lowest BCUT2D eigenvalue weighted by Gasteiger charge is -2.30. The van der Waals surface area contributed by atoms with Crippen LogP contribution in [-0.4, -0.2) is 46.9 Å². The molecule has 0 aliphatic rings. The van der Waals surface area contributed by atoms with E-state index in [0.717, 1.165) is 25.0 Å². The summed E-state index contributed by atoms with van der Waals surface area (Å²) in [5, 5.41) is 4.34. The number of anilines is 1. The number of nitrogen functional groups attached to an aromatic ring is 1. The van der Waals surface area contributed by atoms with Gasteiger partial charge in [-0.05, 0) is 19.3 Å². The fraction of sp³-hybridized carbons (Fsp3) is 0.733. The zero-order valence-corrected chi connectivity index (χ0v) is 13.8. The highest BCUT2D eigenvalue weighted by molar-refractivity contribution is 5.98. The smallest absolute Gasteiger partial charge is 0.274 e. The van der Waals surface area contributed by atoms with Gasteiger partial charge in [0.15, 0.2) is 0 Å². The number of hydrogen-bond acceptors (Lipinski definition) is 4. The fourth-order valence-electron chi connectivity index (χ4n) is 2.62. The first-order valence-electron chi connectivity index (χ1n) is 7.62. The van der Waals surface area contributed by atoms with Gasteiger partial charge in [0.25, 0.3) is 5.91 Å². The van der Waals surface area contributed by atoms with Crippen LogP contribution in [0.1, 0.15) is 49.8 Å². The largest absolute Gasteiger partial charge is 0.395 e. The van der Waals surface area contributed by atoms with E-state index in [1.165, 1.54) is 0 Å². The molecule has 6 nitrogen and oxygen atoms in total. The van der Waals surface area contributed by atoms with Gasteiger partial charge in [-0.1, -0.05) is 20.8 Å². The van der Waals surface area contributed by atoms with E-state index in [1.54, 1.807) is 18.8 Å². The van der Waals surface area contributed by atoms with Gasteiger partial charge in [-0.15, -0.1) is 0 Å². The molecule has 6 heteroatoms. The van der Waals surface area contributed by atoms with Crippen LogP contribution in [0, 0.1) is 0 Å². The maximum atomic E-state index is 12.9. The minimum absolute atomic E-state index is 0.0621. The van der Waals surface area contributed by atoms with Crippen molar-refractivity contribution in [3.8, 4) is 0 Å². The van der Waals surface area contributed by atoms with Crippen LogP contribution < -0.4 is 5.73 Å². The van der Waals surface area contributed by atoms with Crippen molar-refractivity contribution in [2.24, 2.45) is 7.05 Å². The van der Waals surface area contributed by atoms with Crippen molar-refractivity contribution in [2.45, 2.75) is 46.1 Å². The summed E-state index contributed by atoms with van der Waals surface area (Å²) in [5.74, 6) is -0.0621. The van der Waals surface area contributed by atoms with E-state index >= 15 is 0 Å². The Balaban J connectivity index is 3.12. The topological polar surface area (TPSA) is 73.4 Å². The van der Waals surface area contributed by atoms with Crippen LogP contribution in [-0.2, 0) is 18.2 Å². The lowest BCUT2D eigenvalue weighted by Crippen LogP contribution is -2.42. The van der Waals surface area contributed by atoms with Crippen LogP contribution in [0.25, 0.3) is 0 Å². The number of nitrogens with zero attached hydrogens (tertiary/aromatic N) is 3. The van der Waals surface area contributed by atoms with Gasteiger partial charge in [0.2, 0.25) is 0 Å². The van der Waals surface area contributed by atoms with E-state index in [2.05, 4.69) is 18.9 Å². The molecule has 1 amide bonds. The van der Waals surface area contributed by atoms with Gasteiger partial charge in [-0.25, -0.2) is 0 Å². The van der Waals surface area contributed by atoms with Gasteiger partial charge in [0.1, 0.15) is 5.69 Å². The number of aryl methyl sites for hydroxylation is 2. The number of nitrogens with two attached hydrogens (primary N) is 1. The van der Waals surface area contributed by atoms with Crippen molar-refractivity contribution >= 4 is 11.6 Å². The fourth-order valence-corrected chi connectivity index (χ4v) is 2.62. The molecule has 1 aromatic rings. The quantitative estimate of drug-likeness (QED) is 0.794. The molecule has 21 heavy (non-hydrogen) atoms. The molecule has 1 rings (SSSR count). The molecule has 0 fully saturated rings. The van der Waals surface area contributed by atoms with Crippen molar-refractivity contribution in [1.29, 1.82) is 0 Å². The summed E-state index contributed by atoms with van der Waals surface area (Å²) in [6.07, 6.45) is 2.53. The van der Waals surface area contributed by atoms with Crippen LogP contribution in [0.3, 0.4) is 0 Å². The molecule has 0 saturated carbocycles. The Kier molecular flexibility index (Phi) is 6.68. The molecule has 0 saturated heterocycles. The van der Waals surface area contributed by atoms with Crippen LogP contribution in [0.4, 0.5) is 5.69 Å². The normalized spacial score (nSPS) is 11.1. The number of hydrogen-bond donors (Lipinski definition) is 1. The Hall–Kier alpha value is -1.56. The van der Waals surface area contributed by atoms with Crippen molar-refractivity contribution in [3.05, 3.63) is 11.4 Å². The number of ether oxygens (including phenoxy) is 1. The minimum Gasteiger partial charge on any atom is -0.395 e. The molecule has 0 aliphatic heterocycles. The molecule has 2 N–H and O–H groups in total. The summed E-state index contributed by atoms with van der Waals surface area (Å²) in [6.45, 7) is 7.24. The summed E-state index contributed by atoms with van der Waals surface area (Å²) in [7, 11) is 3.41. The second-order valence-electron chi connectivity index (χ2n) is 5.15. The Labute approximate surface area is 127 Å². The van der Waals surface area contributed by atoms with Crippen molar-refractivity contribution < 1.29 is 9.53 Å². The molecular weight excluding hydrogens is 268 g/mol. The molecule has 0 atom stereocenters. The lowest BCUT2D eigenvalue weighted by atomic mass is 10.1. The Bertz CT molecular complexity index is 466. The Morgan fingerprint density at radius 2 is 2.00 bits per heavy atom. The van der Waals surface area contributed by atoms with Crippen LogP contribution in [0.5, 0.6) is 0 Å². The van der Waals surface area contributed by atoms with Crippen LogP contribution in [0.2, 0.25) is 0 Å². The first-order chi connectivity index (χ1) is 10.0. The van der Waals surface area contributed by atoms with E-state index in [9.17, 15) is 4.79 Å². The molecule has 1 heterocycles. The summed E-state index contributed by atoms with van der Waals surface area (Å²) >= 11 is 0. The van der Waals surface area contributed by atoms with Gasteiger partial charge >= 0.3 is 0 Å². The van der Waals surface area contributed by atoms with Crippen molar-refractivity contribution in [2.75, 3.05) is 26.0 Å². The van der Waals surface area contributed by atoms with Gasteiger partial charge < -0.3 is 15.4 Å². The highest BCUT2D eigenvalue weighted by Crippen LogP contribution is 2.21. The Morgan fingerprint density at radius 3 is 2.43 bits per heavy atom. The number of carbonyl (C=O) groups is 1. The third-order valence-electron chi connectivity index (χ3n) is 3.88. The Morgan fingerprint density at radius 1 is 1.38 bits per heavy atom. The third kappa shape index (κ3) is 3.75. The maximum Gasteiger partial charge on any atom is 0.274 e. The van der Waals surface area contributed by atoms with Crippen LogP contribution >= 0.6 is 0 Å². The van der Waals surface area contributed by atoms with E-state index in [1.807, 2.05) is 11.8 Å². The molecule has 1 aromatic heterocycles. The van der Waals surface area contributed by atoms with Gasteiger partial charge in [-0.2, -0.15) is 5.10 Å². The number of methoxy groups -OCH3 is 1. The van der Waals surface area contributed by atoms with E-state index < -0.39 is 0 Å². The van der Waals surface area contributed by atoms with Gasteiger partial charge in [0, 0.05) is 26.7 Å². The SMILES string of the molecule is CCc1nn(C)c(C(=O)N(CCOC)C(CC)CC)c1N. The van der Waals surface area contributed by atoms with Crippen molar-refractivity contribution in [1.82, 2.24) is 14.7 Å². The van der Waals surface area contributed by atoms with E-state index in [0.29, 0.717) is 24.5 Å². The molecule has 0 bridgehead atoms. The predicted molar refractivity (Wildman–Crippen MR) is 84.3 cm³/mol. The summed E-state index contributed by atoms with van der Waals surface area (Å²) in [6, 6.07) is 0.187. The summed E-state index contributed by atoms with van der Waals surface area (Å²) in [4.78, 5) is 14.8. The number of rotatable bonds is 8. The standard InChI is InChI=1S/C15H28N4O2/c1-6-11(7-2)19(9-10-21-5)15(20)14-13(16)12(8-3)17-18(14)4/h11H,6-10,16H2,1-5H3. The molecule has 0 spiro atoms. The lowest BCUT2D eigenvalue weighted by molar-refractivity contribution is 0.0580. The number of carbonyl (C=O) groups excluding carboxylic acids is 1. The monoisotopic (exact) mass is 296 g/mol. The van der Waals surface area contributed by atoms with Gasteiger partial charge in [0.05, 0.1) is 18.0 Å². The predicted octanol–water partition coefficient (Wildman–Crippen LogP) is 1.84. The number of aromatic nitrogens is 2. The zero-order valence-electron chi connectivity index (χ0n) is 13.8.